The molecule has 0 heterocycles. The molecule has 0 aliphatic heterocycles. The Hall–Kier alpha value is -0.793. The number of rotatable bonds is 10. The van der Waals surface area contributed by atoms with Crippen molar-refractivity contribution in [2.24, 2.45) is 0 Å². The van der Waals surface area contributed by atoms with E-state index in [9.17, 15) is 35.2 Å². The van der Waals surface area contributed by atoms with Crippen LogP contribution in [-0.4, -0.2) is 51.9 Å². The van der Waals surface area contributed by atoms with Crippen molar-refractivity contribution in [1.29, 1.82) is 0 Å². The first-order valence-electron chi connectivity index (χ1n) is 7.27. The fraction of sp³-hybridized carbons (Fsp3) is 0.917. The number of carbonyl (C=O) groups excluding carboxylic acids is 1. The highest BCUT2D eigenvalue weighted by Gasteiger charge is 2.65. The summed E-state index contributed by atoms with van der Waals surface area (Å²) in [7, 11) is -7.10. The van der Waals surface area contributed by atoms with Crippen LogP contribution in [0.15, 0.2) is 0 Å². The lowest BCUT2D eigenvalue weighted by molar-refractivity contribution is -0.259. The van der Waals surface area contributed by atoms with E-state index in [1.165, 1.54) is 7.11 Å². The fourth-order valence-electron chi connectivity index (χ4n) is 2.12. The Balaban J connectivity index is 4.98. The third-order valence-corrected chi connectivity index (χ3v) is 8.41. The number of alkyl halides is 5. The molecule has 13 heteroatoms. The molecule has 1 N–H and O–H groups in total. The van der Waals surface area contributed by atoms with Crippen LogP contribution >= 0.6 is 0 Å². The maximum Gasteiger partial charge on any atom is 0.432 e. The number of halogens is 5. The van der Waals surface area contributed by atoms with E-state index in [0.29, 0.717) is 6.04 Å². The molecule has 0 aliphatic rings. The molecule has 25 heavy (non-hydrogen) atoms. The van der Waals surface area contributed by atoms with Crippen LogP contribution in [0.4, 0.5) is 22.0 Å². The third kappa shape index (κ3) is 7.15. The monoisotopic (exact) mass is 416 g/mol. The lowest BCUT2D eigenvalue weighted by Crippen LogP contribution is -2.52. The average molecular weight is 416 g/mol. The number of esters is 1. The zero-order valence-corrected chi connectivity index (χ0v) is 15.7. The molecule has 0 radical (unpaired) electrons. The van der Waals surface area contributed by atoms with Gasteiger partial charge < -0.3 is 9.16 Å². The van der Waals surface area contributed by atoms with E-state index in [0.717, 1.165) is 12.5 Å². The summed E-state index contributed by atoms with van der Waals surface area (Å²) in [6.45, 7) is 3.76. The van der Waals surface area contributed by atoms with Gasteiger partial charge in [-0.25, -0.2) is 0 Å². The van der Waals surface area contributed by atoms with Crippen LogP contribution in [0.2, 0.25) is 18.6 Å². The van der Waals surface area contributed by atoms with E-state index in [-0.39, 0.29) is 6.42 Å². The predicted molar refractivity (Wildman–Crippen MR) is 80.2 cm³/mol. The van der Waals surface area contributed by atoms with Gasteiger partial charge in [0.15, 0.2) is 8.32 Å². The largest absolute Gasteiger partial charge is 0.445 e. The normalized spacial score (nSPS) is 17.0. The average Bonchev–Trinajstić information content (AvgIpc) is 2.42. The molecular formula is C12H21F5O6SSi. The number of carbonyl (C=O) groups is 1. The molecule has 6 nitrogen and oxygen atoms in total. The Kier molecular flexibility index (Phi) is 8.45. The number of hydrogen-bond donors (Lipinski definition) is 1. The molecule has 0 bridgehead atoms. The number of hydrogen-bond acceptors (Lipinski definition) is 5. The van der Waals surface area contributed by atoms with Gasteiger partial charge in [0.2, 0.25) is 0 Å². The maximum absolute atomic E-state index is 13.3. The summed E-state index contributed by atoms with van der Waals surface area (Å²) in [4.78, 5) is 11.4. The van der Waals surface area contributed by atoms with Crippen molar-refractivity contribution in [2.45, 2.75) is 62.4 Å². The van der Waals surface area contributed by atoms with Crippen LogP contribution in [0.1, 0.15) is 26.2 Å². The van der Waals surface area contributed by atoms with Gasteiger partial charge in [0.05, 0.1) is 0 Å². The first-order chi connectivity index (χ1) is 11.1. The molecule has 0 aliphatic carbocycles. The van der Waals surface area contributed by atoms with Crippen LogP contribution in [0.3, 0.4) is 0 Å². The zero-order valence-electron chi connectivity index (χ0n) is 13.9. The van der Waals surface area contributed by atoms with Crippen LogP contribution in [-0.2, 0) is 24.1 Å². The van der Waals surface area contributed by atoms with Crippen LogP contribution < -0.4 is 0 Å². The van der Waals surface area contributed by atoms with Gasteiger partial charge in [-0.2, -0.15) is 30.4 Å². The Morgan fingerprint density at radius 1 is 1.20 bits per heavy atom. The molecule has 2 atom stereocenters. The summed E-state index contributed by atoms with van der Waals surface area (Å²) in [6, 6.07) is 1.13. The minimum atomic E-state index is -6.43. The predicted octanol–water partition coefficient (Wildman–Crippen LogP) is 3.35. The van der Waals surface area contributed by atoms with Crippen molar-refractivity contribution in [1.82, 2.24) is 0 Å². The third-order valence-electron chi connectivity index (χ3n) is 3.55. The van der Waals surface area contributed by atoms with Gasteiger partial charge in [-0.15, -0.1) is 0 Å². The lowest BCUT2D eigenvalue weighted by Gasteiger charge is -2.27. The first-order valence-corrected chi connectivity index (χ1v) is 11.5. The van der Waals surface area contributed by atoms with E-state index in [2.05, 4.69) is 4.74 Å². The smallest absolute Gasteiger partial charge is 0.432 e. The van der Waals surface area contributed by atoms with E-state index in [1.807, 2.05) is 13.5 Å². The second kappa shape index (κ2) is 8.73. The van der Waals surface area contributed by atoms with Crippen molar-refractivity contribution in [3.05, 3.63) is 0 Å². The van der Waals surface area contributed by atoms with Gasteiger partial charge in [-0.1, -0.05) is 13.3 Å². The molecule has 0 amide bonds. The minimum absolute atomic E-state index is 0.0391. The molecule has 0 aromatic heterocycles. The van der Waals surface area contributed by atoms with Crippen molar-refractivity contribution >= 4 is 24.4 Å². The summed E-state index contributed by atoms with van der Waals surface area (Å²) in [6.07, 6.45) is -9.95. The van der Waals surface area contributed by atoms with Gasteiger partial charge in [-0.05, 0) is 25.1 Å². The maximum atomic E-state index is 13.3. The van der Waals surface area contributed by atoms with E-state index in [1.54, 1.807) is 0 Å². The van der Waals surface area contributed by atoms with Gasteiger partial charge in [0.1, 0.15) is 0 Å². The Labute approximate surface area is 143 Å². The molecule has 0 rings (SSSR count). The van der Waals surface area contributed by atoms with Crippen molar-refractivity contribution < 1.29 is 48.9 Å². The summed E-state index contributed by atoms with van der Waals surface area (Å²) in [5.41, 5.74) is 0. The molecule has 2 unspecified atom stereocenters. The molecule has 0 aromatic rings. The SMILES string of the molecule is CCC[Si](C)(CCCC(=O)OC(C(F)(F)F)C(F)(F)S(=O)(=O)O)OC. The molecule has 0 fully saturated rings. The second-order valence-corrected chi connectivity index (χ2v) is 11.5. The fourth-order valence-corrected chi connectivity index (χ4v) is 5.21. The van der Waals surface area contributed by atoms with Crippen LogP contribution in [0.25, 0.3) is 0 Å². The highest BCUT2D eigenvalue weighted by atomic mass is 32.2. The van der Waals surface area contributed by atoms with Crippen LogP contribution in [0, 0.1) is 0 Å². The lowest BCUT2D eigenvalue weighted by atomic mass is 10.3. The quantitative estimate of drug-likeness (QED) is 0.254. The topological polar surface area (TPSA) is 89.9 Å². The van der Waals surface area contributed by atoms with E-state index >= 15 is 0 Å². The van der Waals surface area contributed by atoms with Crippen molar-refractivity contribution in [3.8, 4) is 0 Å². The summed E-state index contributed by atoms with van der Waals surface area (Å²) >= 11 is 0. The molecule has 0 saturated heterocycles. The van der Waals surface area contributed by atoms with Gasteiger partial charge in [0.25, 0.3) is 6.10 Å². The highest BCUT2D eigenvalue weighted by Crippen LogP contribution is 2.38. The van der Waals surface area contributed by atoms with E-state index in [4.69, 9.17) is 8.98 Å². The molecular weight excluding hydrogens is 395 g/mol. The summed E-state index contributed by atoms with van der Waals surface area (Å²) < 4.78 is 103. The molecule has 0 aromatic carbocycles. The second-order valence-electron chi connectivity index (χ2n) is 5.71. The zero-order chi connectivity index (χ0) is 20.1. The van der Waals surface area contributed by atoms with Gasteiger partial charge >= 0.3 is 27.5 Å². The Morgan fingerprint density at radius 2 is 1.72 bits per heavy atom. The first kappa shape index (κ1) is 24.2. The summed E-state index contributed by atoms with van der Waals surface area (Å²) in [5.74, 6) is -1.64. The van der Waals surface area contributed by atoms with E-state index < -0.39 is 48.4 Å². The van der Waals surface area contributed by atoms with Crippen molar-refractivity contribution in [3.63, 3.8) is 0 Å². The van der Waals surface area contributed by atoms with Gasteiger partial charge in [0, 0.05) is 13.5 Å². The van der Waals surface area contributed by atoms with Crippen molar-refractivity contribution in [2.75, 3.05) is 7.11 Å². The standard InChI is InChI=1S/C12H21F5O6SSi/c1-4-7-25(3,22-2)8-5-6-9(18)23-10(11(13,14)15)12(16,17)24(19,20)21/h10H,4-8H2,1-3H3,(H,19,20,21). The Bertz CT molecular complexity index is 553. The molecule has 150 valence electrons. The Morgan fingerprint density at radius 3 is 2.08 bits per heavy atom. The molecule has 0 spiro atoms. The number of ether oxygens (including phenoxy) is 1. The highest BCUT2D eigenvalue weighted by molar-refractivity contribution is 7.86. The van der Waals surface area contributed by atoms with Crippen LogP contribution in [0.5, 0.6) is 0 Å². The summed E-state index contributed by atoms with van der Waals surface area (Å²) in [5, 5.41) is -5.71. The molecule has 0 saturated carbocycles. The minimum Gasteiger partial charge on any atom is -0.445 e. The van der Waals surface area contributed by atoms with Gasteiger partial charge in [-0.3, -0.25) is 9.35 Å².